The van der Waals surface area contributed by atoms with Gasteiger partial charge in [-0.1, -0.05) is 29.8 Å². The summed E-state index contributed by atoms with van der Waals surface area (Å²) in [6.45, 7) is 4.07. The summed E-state index contributed by atoms with van der Waals surface area (Å²) in [6, 6.07) is 5.14. The first kappa shape index (κ1) is 11.3. The number of aromatic nitrogens is 1. The average Bonchev–Trinajstić information content (AvgIpc) is 2.18. The molecular formula is C12H12BrFN2. The van der Waals surface area contributed by atoms with E-state index >= 15 is 0 Å². The van der Waals surface area contributed by atoms with Gasteiger partial charge in [-0.2, -0.15) is 0 Å². The minimum absolute atomic E-state index is 0.277. The highest BCUT2D eigenvalue weighted by atomic mass is 79.9. The van der Waals surface area contributed by atoms with Crippen LogP contribution in [0.15, 0.2) is 22.7 Å². The molecule has 1 aromatic heterocycles. The largest absolute Gasteiger partial charge is 0.383 e. The molecule has 1 aromatic carbocycles. The standard InChI is InChI=1S/C12H12BrFN2/c1-6(2)9-4-7-3-8(13)5-10(14)11(7)16-12(9)15/h3-6H,1-2H3,(H2,15,16). The number of nitrogen functional groups attached to an aromatic ring is 1. The molecule has 16 heavy (non-hydrogen) atoms. The Morgan fingerprint density at radius 1 is 1.31 bits per heavy atom. The van der Waals surface area contributed by atoms with Crippen molar-refractivity contribution in [2.75, 3.05) is 5.73 Å². The SMILES string of the molecule is CC(C)c1cc2cc(Br)cc(F)c2nc1N. The highest BCUT2D eigenvalue weighted by Gasteiger charge is 2.11. The van der Waals surface area contributed by atoms with Crippen molar-refractivity contribution in [3.63, 3.8) is 0 Å². The van der Waals surface area contributed by atoms with Gasteiger partial charge in [-0.05, 0) is 29.7 Å². The molecule has 2 aromatic rings. The maximum absolute atomic E-state index is 13.6. The molecule has 0 saturated heterocycles. The van der Waals surface area contributed by atoms with Crippen molar-refractivity contribution in [3.8, 4) is 0 Å². The summed E-state index contributed by atoms with van der Waals surface area (Å²) >= 11 is 3.26. The van der Waals surface area contributed by atoms with E-state index in [4.69, 9.17) is 5.73 Å². The fourth-order valence-corrected chi connectivity index (χ4v) is 2.15. The summed E-state index contributed by atoms with van der Waals surface area (Å²) in [4.78, 5) is 4.12. The van der Waals surface area contributed by atoms with Crippen LogP contribution in [0.2, 0.25) is 0 Å². The van der Waals surface area contributed by atoms with E-state index in [0.29, 0.717) is 15.8 Å². The number of rotatable bonds is 1. The smallest absolute Gasteiger partial charge is 0.150 e. The van der Waals surface area contributed by atoms with Crippen molar-refractivity contribution in [1.82, 2.24) is 4.98 Å². The Hall–Kier alpha value is -1.16. The summed E-state index contributed by atoms with van der Waals surface area (Å²) in [7, 11) is 0. The number of nitrogens with zero attached hydrogens (tertiary/aromatic N) is 1. The van der Waals surface area contributed by atoms with Crippen LogP contribution in [0.5, 0.6) is 0 Å². The van der Waals surface area contributed by atoms with E-state index in [1.54, 1.807) is 0 Å². The van der Waals surface area contributed by atoms with Crippen LogP contribution in [0.1, 0.15) is 25.3 Å². The van der Waals surface area contributed by atoms with E-state index in [0.717, 1.165) is 10.9 Å². The summed E-state index contributed by atoms with van der Waals surface area (Å²) < 4.78 is 14.3. The van der Waals surface area contributed by atoms with Gasteiger partial charge in [0.1, 0.15) is 11.3 Å². The molecule has 0 aliphatic rings. The lowest BCUT2D eigenvalue weighted by Crippen LogP contribution is -2.01. The maximum Gasteiger partial charge on any atom is 0.150 e. The van der Waals surface area contributed by atoms with E-state index in [1.165, 1.54) is 6.07 Å². The number of pyridine rings is 1. The number of halogens is 2. The minimum atomic E-state index is -0.355. The third kappa shape index (κ3) is 1.89. The van der Waals surface area contributed by atoms with Gasteiger partial charge in [0.25, 0.3) is 0 Å². The number of fused-ring (bicyclic) bond motifs is 1. The van der Waals surface area contributed by atoms with Gasteiger partial charge >= 0.3 is 0 Å². The molecule has 2 nitrogen and oxygen atoms in total. The predicted octanol–water partition coefficient (Wildman–Crippen LogP) is 3.84. The highest BCUT2D eigenvalue weighted by molar-refractivity contribution is 9.10. The zero-order valence-electron chi connectivity index (χ0n) is 9.09. The number of benzene rings is 1. The van der Waals surface area contributed by atoms with E-state index in [9.17, 15) is 4.39 Å². The van der Waals surface area contributed by atoms with Crippen molar-refractivity contribution in [2.45, 2.75) is 19.8 Å². The number of nitrogens with two attached hydrogens (primary N) is 1. The maximum atomic E-state index is 13.6. The second-order valence-corrected chi connectivity index (χ2v) is 4.99. The zero-order chi connectivity index (χ0) is 11.9. The monoisotopic (exact) mass is 282 g/mol. The van der Waals surface area contributed by atoms with Gasteiger partial charge < -0.3 is 5.73 Å². The van der Waals surface area contributed by atoms with E-state index < -0.39 is 0 Å². The fraction of sp³-hybridized carbons (Fsp3) is 0.250. The van der Waals surface area contributed by atoms with Gasteiger partial charge in [-0.3, -0.25) is 0 Å². The fourth-order valence-electron chi connectivity index (χ4n) is 1.70. The topological polar surface area (TPSA) is 38.9 Å². The molecule has 0 spiro atoms. The van der Waals surface area contributed by atoms with Crippen LogP contribution in [-0.4, -0.2) is 4.98 Å². The molecule has 4 heteroatoms. The molecule has 2 N–H and O–H groups in total. The van der Waals surface area contributed by atoms with Crippen LogP contribution in [0, 0.1) is 5.82 Å². The second-order valence-electron chi connectivity index (χ2n) is 4.08. The highest BCUT2D eigenvalue weighted by Crippen LogP contribution is 2.28. The van der Waals surface area contributed by atoms with Gasteiger partial charge in [-0.25, -0.2) is 9.37 Å². The number of anilines is 1. The first-order valence-corrected chi connectivity index (χ1v) is 5.83. The molecule has 0 aliphatic heterocycles. The van der Waals surface area contributed by atoms with Gasteiger partial charge in [-0.15, -0.1) is 0 Å². The van der Waals surface area contributed by atoms with Crippen LogP contribution in [0.3, 0.4) is 0 Å². The summed E-state index contributed by atoms with van der Waals surface area (Å²) in [5.74, 6) is 0.328. The second kappa shape index (κ2) is 4.01. The molecule has 0 atom stereocenters. The molecule has 0 aliphatic carbocycles. The molecule has 0 radical (unpaired) electrons. The Kier molecular flexibility index (Phi) is 2.84. The Labute approximate surface area is 102 Å². The van der Waals surface area contributed by atoms with Gasteiger partial charge in [0.2, 0.25) is 0 Å². The van der Waals surface area contributed by atoms with Crippen LogP contribution >= 0.6 is 15.9 Å². The van der Waals surface area contributed by atoms with Crippen molar-refractivity contribution < 1.29 is 4.39 Å². The van der Waals surface area contributed by atoms with Gasteiger partial charge in [0.15, 0.2) is 5.82 Å². The summed E-state index contributed by atoms with van der Waals surface area (Å²) in [5, 5.41) is 0.768. The lowest BCUT2D eigenvalue weighted by molar-refractivity contribution is 0.636. The molecule has 0 saturated carbocycles. The minimum Gasteiger partial charge on any atom is -0.383 e. The van der Waals surface area contributed by atoms with Crippen molar-refractivity contribution >= 4 is 32.7 Å². The van der Waals surface area contributed by atoms with E-state index in [1.807, 2.05) is 26.0 Å². The number of hydrogen-bond donors (Lipinski definition) is 1. The lowest BCUT2D eigenvalue weighted by Gasteiger charge is -2.10. The molecule has 0 fully saturated rings. The Morgan fingerprint density at radius 3 is 2.62 bits per heavy atom. The lowest BCUT2D eigenvalue weighted by atomic mass is 10.0. The Balaban J connectivity index is 2.79. The van der Waals surface area contributed by atoms with Crippen molar-refractivity contribution in [2.24, 2.45) is 0 Å². The molecular weight excluding hydrogens is 271 g/mol. The average molecular weight is 283 g/mol. The van der Waals surface area contributed by atoms with E-state index in [-0.39, 0.29) is 11.7 Å². The summed E-state index contributed by atoms with van der Waals surface area (Å²) in [5.41, 5.74) is 7.08. The van der Waals surface area contributed by atoms with Crippen molar-refractivity contribution in [1.29, 1.82) is 0 Å². The third-order valence-corrected chi connectivity index (χ3v) is 2.98. The summed E-state index contributed by atoms with van der Waals surface area (Å²) in [6.07, 6.45) is 0. The van der Waals surface area contributed by atoms with Crippen molar-refractivity contribution in [3.05, 3.63) is 34.1 Å². The molecule has 0 bridgehead atoms. The van der Waals surface area contributed by atoms with Crippen LogP contribution in [0.4, 0.5) is 10.2 Å². The first-order chi connectivity index (χ1) is 7.49. The van der Waals surface area contributed by atoms with Gasteiger partial charge in [0, 0.05) is 9.86 Å². The molecule has 1 heterocycles. The Morgan fingerprint density at radius 2 is 2.00 bits per heavy atom. The first-order valence-electron chi connectivity index (χ1n) is 5.04. The molecule has 2 rings (SSSR count). The van der Waals surface area contributed by atoms with E-state index in [2.05, 4.69) is 20.9 Å². The zero-order valence-corrected chi connectivity index (χ0v) is 10.7. The predicted molar refractivity (Wildman–Crippen MR) is 67.9 cm³/mol. The third-order valence-electron chi connectivity index (χ3n) is 2.52. The van der Waals surface area contributed by atoms with Gasteiger partial charge in [0.05, 0.1) is 0 Å². The van der Waals surface area contributed by atoms with Crippen LogP contribution in [-0.2, 0) is 0 Å². The Bertz CT molecular complexity index is 552. The molecule has 0 unspecified atom stereocenters. The quantitative estimate of drug-likeness (QED) is 0.863. The van der Waals surface area contributed by atoms with Crippen LogP contribution < -0.4 is 5.73 Å². The van der Waals surface area contributed by atoms with Crippen LogP contribution in [0.25, 0.3) is 10.9 Å². The normalized spacial score (nSPS) is 11.3. The molecule has 0 amide bonds. The molecule has 84 valence electrons. The number of hydrogen-bond acceptors (Lipinski definition) is 2.